The first-order valence-electron chi connectivity index (χ1n) is 9.55. The van der Waals surface area contributed by atoms with E-state index in [2.05, 4.69) is 5.32 Å². The minimum atomic E-state index is -0.171. The van der Waals surface area contributed by atoms with Crippen LogP contribution in [0.1, 0.15) is 11.5 Å². The molecule has 0 saturated heterocycles. The molecule has 0 saturated carbocycles. The molecule has 5 rings (SSSR count). The summed E-state index contributed by atoms with van der Waals surface area (Å²) < 4.78 is 13.8. The Balaban J connectivity index is 1.47. The van der Waals surface area contributed by atoms with Crippen LogP contribution in [0.5, 0.6) is 0 Å². The van der Waals surface area contributed by atoms with Crippen LogP contribution in [0.2, 0.25) is 0 Å². The number of rotatable bonds is 7. The molecule has 0 aliphatic carbocycles. The molecular formula is C22H17N3O4S2. The molecule has 0 bridgehead atoms. The highest BCUT2D eigenvalue weighted by molar-refractivity contribution is 7.99. The third-order valence-corrected chi connectivity index (χ3v) is 6.84. The molecule has 31 heavy (non-hydrogen) atoms. The van der Waals surface area contributed by atoms with Gasteiger partial charge in [0.2, 0.25) is 5.91 Å². The molecular weight excluding hydrogens is 434 g/mol. The van der Waals surface area contributed by atoms with Crippen LogP contribution >= 0.6 is 23.1 Å². The molecule has 1 amide bonds. The van der Waals surface area contributed by atoms with Crippen LogP contribution in [0.4, 0.5) is 0 Å². The van der Waals surface area contributed by atoms with Gasteiger partial charge in [0.1, 0.15) is 16.2 Å². The van der Waals surface area contributed by atoms with Crippen molar-refractivity contribution in [3.05, 3.63) is 82.9 Å². The third kappa shape index (κ3) is 4.01. The molecule has 9 heteroatoms. The number of benzene rings is 1. The van der Waals surface area contributed by atoms with Crippen LogP contribution in [0.3, 0.4) is 0 Å². The van der Waals surface area contributed by atoms with Crippen LogP contribution < -0.4 is 10.9 Å². The van der Waals surface area contributed by atoms with E-state index in [9.17, 15) is 9.59 Å². The number of nitrogens with zero attached hydrogens (tertiary/aromatic N) is 2. The number of hydrogen-bond donors (Lipinski definition) is 1. The SMILES string of the molecule is O=C(CSc1nc2c(sc3ccccc32)c(=O)n1Cc1ccco1)NCc1ccco1. The Hall–Kier alpha value is -3.30. The number of thioether (sulfide) groups is 1. The van der Waals surface area contributed by atoms with Gasteiger partial charge in [0.25, 0.3) is 5.56 Å². The van der Waals surface area contributed by atoms with E-state index in [0.717, 1.165) is 10.1 Å². The fourth-order valence-corrected chi connectivity index (χ4v) is 5.15. The van der Waals surface area contributed by atoms with Gasteiger partial charge in [-0.3, -0.25) is 14.2 Å². The Labute approximate surface area is 184 Å². The van der Waals surface area contributed by atoms with Gasteiger partial charge in [-0.25, -0.2) is 4.98 Å². The average Bonchev–Trinajstić information content (AvgIpc) is 3.54. The van der Waals surface area contributed by atoms with Crippen molar-refractivity contribution in [2.24, 2.45) is 0 Å². The smallest absolute Gasteiger partial charge is 0.272 e. The maximum absolute atomic E-state index is 13.3. The molecule has 0 unspecified atom stereocenters. The molecule has 0 aliphatic rings. The standard InChI is InChI=1S/C22H17N3O4S2/c26-18(23-11-14-5-3-9-28-14)13-30-22-24-19-16-7-1-2-8-17(16)31-20(19)21(27)25(22)12-15-6-4-10-29-15/h1-10H,11-13H2,(H,23,26). The first kappa shape index (κ1) is 19.7. The zero-order chi connectivity index (χ0) is 21.2. The zero-order valence-corrected chi connectivity index (χ0v) is 17.9. The van der Waals surface area contributed by atoms with E-state index >= 15 is 0 Å². The summed E-state index contributed by atoms with van der Waals surface area (Å²) in [7, 11) is 0. The van der Waals surface area contributed by atoms with Crippen molar-refractivity contribution < 1.29 is 13.6 Å². The Morgan fingerprint density at radius 2 is 1.84 bits per heavy atom. The Bertz CT molecular complexity index is 1400. The van der Waals surface area contributed by atoms with E-state index in [-0.39, 0.29) is 23.8 Å². The second-order valence-electron chi connectivity index (χ2n) is 6.79. The summed E-state index contributed by atoms with van der Waals surface area (Å²) in [5, 5.41) is 4.23. The van der Waals surface area contributed by atoms with Gasteiger partial charge in [-0.1, -0.05) is 30.0 Å². The van der Waals surface area contributed by atoms with Crippen molar-refractivity contribution in [2.45, 2.75) is 18.2 Å². The van der Waals surface area contributed by atoms with Gasteiger partial charge in [0, 0.05) is 10.1 Å². The fourth-order valence-electron chi connectivity index (χ4n) is 3.24. The van der Waals surface area contributed by atoms with E-state index in [1.807, 2.05) is 30.3 Å². The van der Waals surface area contributed by atoms with Crippen molar-refractivity contribution in [1.29, 1.82) is 0 Å². The quantitative estimate of drug-likeness (QED) is 0.294. The van der Waals surface area contributed by atoms with Crippen LogP contribution in [0.15, 0.2) is 79.8 Å². The molecule has 0 fully saturated rings. The molecule has 0 spiro atoms. The van der Waals surface area contributed by atoms with Crippen molar-refractivity contribution in [2.75, 3.05) is 5.75 Å². The lowest BCUT2D eigenvalue weighted by atomic mass is 10.2. The number of amides is 1. The number of nitrogens with one attached hydrogen (secondary N) is 1. The zero-order valence-electron chi connectivity index (χ0n) is 16.2. The minimum absolute atomic E-state index is 0.124. The second kappa shape index (κ2) is 8.44. The lowest BCUT2D eigenvalue weighted by Gasteiger charge is -2.11. The maximum atomic E-state index is 13.3. The number of carbonyl (C=O) groups excluding carboxylic acids is 1. The summed E-state index contributed by atoms with van der Waals surface area (Å²) in [5.74, 6) is 1.28. The van der Waals surface area contributed by atoms with Gasteiger partial charge < -0.3 is 14.2 Å². The summed E-state index contributed by atoms with van der Waals surface area (Å²) in [6.07, 6.45) is 3.13. The fraction of sp³-hybridized carbons (Fsp3) is 0.136. The molecule has 5 aromatic rings. The minimum Gasteiger partial charge on any atom is -0.467 e. The van der Waals surface area contributed by atoms with Gasteiger partial charge >= 0.3 is 0 Å². The predicted octanol–water partition coefficient (Wildman–Crippen LogP) is 4.25. The average molecular weight is 452 g/mol. The van der Waals surface area contributed by atoms with E-state index < -0.39 is 0 Å². The molecule has 0 radical (unpaired) electrons. The van der Waals surface area contributed by atoms with Gasteiger partial charge in [-0.2, -0.15) is 0 Å². The molecule has 156 valence electrons. The number of carbonyl (C=O) groups is 1. The lowest BCUT2D eigenvalue weighted by molar-refractivity contribution is -0.118. The third-order valence-electron chi connectivity index (χ3n) is 4.71. The molecule has 4 aromatic heterocycles. The summed E-state index contributed by atoms with van der Waals surface area (Å²) in [6.45, 7) is 0.562. The number of furan rings is 2. The highest BCUT2D eigenvalue weighted by atomic mass is 32.2. The highest BCUT2D eigenvalue weighted by Crippen LogP contribution is 2.32. The first-order chi connectivity index (χ1) is 15.2. The van der Waals surface area contributed by atoms with Crippen LogP contribution in [-0.4, -0.2) is 21.2 Å². The molecule has 0 aliphatic heterocycles. The number of hydrogen-bond acceptors (Lipinski definition) is 7. The lowest BCUT2D eigenvalue weighted by Crippen LogP contribution is -2.26. The largest absolute Gasteiger partial charge is 0.467 e. The molecule has 7 nitrogen and oxygen atoms in total. The normalized spacial score (nSPS) is 11.4. The summed E-state index contributed by atoms with van der Waals surface area (Å²) >= 11 is 2.66. The van der Waals surface area contributed by atoms with Crippen molar-refractivity contribution in [3.8, 4) is 0 Å². The maximum Gasteiger partial charge on any atom is 0.272 e. The second-order valence-corrected chi connectivity index (χ2v) is 8.78. The van der Waals surface area contributed by atoms with E-state index in [1.54, 1.807) is 35.3 Å². The topological polar surface area (TPSA) is 90.3 Å². The monoisotopic (exact) mass is 451 g/mol. The molecule has 0 atom stereocenters. The first-order valence-corrected chi connectivity index (χ1v) is 11.4. The molecule has 4 heterocycles. The predicted molar refractivity (Wildman–Crippen MR) is 120 cm³/mol. The van der Waals surface area contributed by atoms with Gasteiger partial charge in [0.15, 0.2) is 5.16 Å². The van der Waals surface area contributed by atoms with Crippen molar-refractivity contribution in [1.82, 2.24) is 14.9 Å². The number of aromatic nitrogens is 2. The summed E-state index contributed by atoms with van der Waals surface area (Å²) in [5.41, 5.74) is 0.529. The molecule has 1 N–H and O–H groups in total. The molecule has 1 aromatic carbocycles. The van der Waals surface area contributed by atoms with Gasteiger partial charge in [0.05, 0.1) is 36.9 Å². The number of fused-ring (bicyclic) bond motifs is 3. The van der Waals surface area contributed by atoms with E-state index in [1.165, 1.54) is 23.1 Å². The van der Waals surface area contributed by atoms with Gasteiger partial charge in [-0.15, -0.1) is 11.3 Å². The Morgan fingerprint density at radius 3 is 2.61 bits per heavy atom. The summed E-state index contributed by atoms with van der Waals surface area (Å²) in [4.78, 5) is 30.5. The van der Waals surface area contributed by atoms with E-state index in [0.29, 0.717) is 33.4 Å². The van der Waals surface area contributed by atoms with Crippen LogP contribution in [-0.2, 0) is 17.9 Å². The van der Waals surface area contributed by atoms with E-state index in [4.69, 9.17) is 13.8 Å². The van der Waals surface area contributed by atoms with Gasteiger partial charge in [-0.05, 0) is 30.3 Å². The van der Waals surface area contributed by atoms with Crippen LogP contribution in [0.25, 0.3) is 20.3 Å². The van der Waals surface area contributed by atoms with Crippen molar-refractivity contribution in [3.63, 3.8) is 0 Å². The highest BCUT2D eigenvalue weighted by Gasteiger charge is 2.18. The Morgan fingerprint density at radius 1 is 1.06 bits per heavy atom. The Kier molecular flexibility index (Phi) is 5.35. The van der Waals surface area contributed by atoms with Crippen LogP contribution in [0, 0.1) is 0 Å². The number of thiophene rings is 1. The van der Waals surface area contributed by atoms with Crippen molar-refractivity contribution >= 4 is 49.3 Å². The summed E-state index contributed by atoms with van der Waals surface area (Å²) in [6, 6.07) is 15.0.